The highest BCUT2D eigenvalue weighted by atomic mass is 16.5. The molecule has 216 valence electrons. The van der Waals surface area contributed by atoms with E-state index in [0.29, 0.717) is 51.6 Å². The van der Waals surface area contributed by atoms with Crippen LogP contribution in [0.3, 0.4) is 0 Å². The second-order valence-electron chi connectivity index (χ2n) is 11.0. The Kier molecular flexibility index (Phi) is 5.06. The Labute approximate surface area is 259 Å². The number of fused-ring (bicyclic) bond motifs is 20. The largest absolute Gasteiger partial charge is 0.465 e. The van der Waals surface area contributed by atoms with Crippen molar-refractivity contribution in [2.45, 2.75) is 0 Å². The number of aromatic amines is 2. The van der Waals surface area contributed by atoms with Gasteiger partial charge in [-0.3, -0.25) is 0 Å². The maximum Gasteiger partial charge on any atom is 0.169 e. The lowest BCUT2D eigenvalue weighted by atomic mass is 10.1. The Balaban J connectivity index is 1.41. The Morgan fingerprint density at radius 1 is 0.413 bits per heavy atom. The van der Waals surface area contributed by atoms with Gasteiger partial charge in [0.25, 0.3) is 0 Å². The number of hydrogen-bond donors (Lipinski definition) is 2. The Morgan fingerprint density at radius 3 is 1.41 bits per heavy atom. The lowest BCUT2D eigenvalue weighted by Crippen LogP contribution is -1.93. The van der Waals surface area contributed by atoms with Crippen LogP contribution < -0.4 is 0 Å². The summed E-state index contributed by atoms with van der Waals surface area (Å²) in [5.74, 6) is 2.73. The van der Waals surface area contributed by atoms with Gasteiger partial charge in [-0.05, 0) is 0 Å². The molecule has 10 heteroatoms. The molecule has 0 atom stereocenters. The smallest absolute Gasteiger partial charge is 0.169 e. The molecule has 7 aromatic rings. The van der Waals surface area contributed by atoms with E-state index >= 15 is 0 Å². The van der Waals surface area contributed by atoms with Crippen molar-refractivity contribution in [2.24, 2.45) is 0 Å². The topological polar surface area (TPSA) is 127 Å². The lowest BCUT2D eigenvalue weighted by Gasteiger charge is -2.10. The number of benzene rings is 4. The van der Waals surface area contributed by atoms with E-state index < -0.39 is 0 Å². The van der Waals surface area contributed by atoms with Crippen LogP contribution >= 0.6 is 0 Å². The Bertz CT molecular complexity index is 2660. The molecule has 0 radical (unpaired) electrons. The number of nitrogens with one attached hydrogen (secondary N) is 2. The summed E-state index contributed by atoms with van der Waals surface area (Å²) in [6, 6.07) is 29.9. The van der Waals surface area contributed by atoms with Gasteiger partial charge in [-0.1, -0.05) is 91.0 Å². The maximum absolute atomic E-state index is 5.85. The highest BCUT2D eigenvalue weighted by Crippen LogP contribution is 2.38. The van der Waals surface area contributed by atoms with Gasteiger partial charge in [0.15, 0.2) is 29.1 Å². The number of ether oxygens (including phenoxy) is 2. The predicted octanol–water partition coefficient (Wildman–Crippen LogP) is 7.69. The van der Waals surface area contributed by atoms with E-state index in [1.807, 2.05) is 91.0 Å². The molecule has 4 aromatic carbocycles. The second kappa shape index (κ2) is 9.41. The minimum atomic E-state index is 0.528. The number of nitrogens with zero attached hydrogens (tertiary/aromatic N) is 6. The fourth-order valence-electron chi connectivity index (χ4n) is 6.28. The highest BCUT2D eigenvalue weighted by Gasteiger charge is 2.23. The first-order valence-corrected chi connectivity index (χ1v) is 14.7. The predicted molar refractivity (Wildman–Crippen MR) is 175 cm³/mol. The van der Waals surface area contributed by atoms with Gasteiger partial charge in [0.1, 0.15) is 41.4 Å². The molecular weight excluding hydrogens is 576 g/mol. The molecule has 0 saturated carbocycles. The third-order valence-electron chi connectivity index (χ3n) is 8.35. The molecule has 10 rings (SSSR count). The summed E-state index contributed by atoms with van der Waals surface area (Å²) in [5, 5.41) is 3.51. The molecule has 0 spiro atoms. The molecule has 3 aliphatic heterocycles. The van der Waals surface area contributed by atoms with Gasteiger partial charge in [-0.2, -0.15) is 0 Å². The average Bonchev–Trinajstić information content (AvgIpc) is 3.84. The molecule has 10 nitrogen and oxygen atoms in total. The Hall–Kier alpha value is -6.68. The van der Waals surface area contributed by atoms with Crippen LogP contribution in [0.25, 0.3) is 95.4 Å². The van der Waals surface area contributed by atoms with Crippen molar-refractivity contribution < 1.29 is 9.47 Å². The monoisotopic (exact) mass is 596 g/mol. The normalized spacial score (nSPS) is 13.2. The van der Waals surface area contributed by atoms with Crippen LogP contribution in [0.5, 0.6) is 0 Å². The van der Waals surface area contributed by atoms with Crippen LogP contribution in [0, 0.1) is 0 Å². The lowest BCUT2D eigenvalue weighted by molar-refractivity contribution is 0.312. The molecule has 3 aliphatic rings. The van der Waals surface area contributed by atoms with Gasteiger partial charge < -0.3 is 19.4 Å². The Morgan fingerprint density at radius 2 is 0.870 bits per heavy atom. The fraction of sp³-hybridized carbons (Fsp3) is 0. The summed E-state index contributed by atoms with van der Waals surface area (Å²) < 4.78 is 11.3. The maximum atomic E-state index is 5.85. The van der Waals surface area contributed by atoms with Gasteiger partial charge in [0.2, 0.25) is 0 Å². The molecule has 0 saturated heterocycles. The van der Waals surface area contributed by atoms with Crippen molar-refractivity contribution in [1.29, 1.82) is 0 Å². The standard InChI is InChI=1S/C36H20N8O2/c1-2-9-20-19(8-1)29-37-30(20)39-32-23-12-5-6-13-24(23)34(41-32)43-36-28-25(27-18-45-16-17-46-27)14-7-15-26(28)35(44-36)42-33-22-11-4-3-10-21(22)31(38-29)40-33/h1-18H,(H2,37,38,39,40,41,42,43,44). The minimum absolute atomic E-state index is 0.528. The molecule has 0 unspecified atom stereocenters. The fourth-order valence-corrected chi connectivity index (χ4v) is 6.28. The van der Waals surface area contributed by atoms with Crippen LogP contribution in [-0.2, 0) is 9.47 Å². The van der Waals surface area contributed by atoms with E-state index in [-0.39, 0.29) is 0 Å². The van der Waals surface area contributed by atoms with Gasteiger partial charge in [0, 0.05) is 49.4 Å². The third-order valence-corrected chi connectivity index (χ3v) is 8.35. The van der Waals surface area contributed by atoms with Crippen LogP contribution in [0.2, 0.25) is 0 Å². The van der Waals surface area contributed by atoms with Gasteiger partial charge in [-0.15, -0.1) is 0 Å². The number of rotatable bonds is 1. The molecule has 0 amide bonds. The minimum Gasteiger partial charge on any atom is -0.465 e. The molecule has 8 bridgehead atoms. The molecule has 2 N–H and O–H groups in total. The summed E-state index contributed by atoms with van der Waals surface area (Å²) in [7, 11) is 0. The van der Waals surface area contributed by atoms with E-state index in [0.717, 1.165) is 49.4 Å². The third kappa shape index (κ3) is 3.64. The summed E-state index contributed by atoms with van der Waals surface area (Å²) in [6.45, 7) is 0. The summed E-state index contributed by atoms with van der Waals surface area (Å²) in [6.07, 6.45) is 4.56. The first kappa shape index (κ1) is 24.7. The molecule has 6 heterocycles. The number of hydrogen-bond acceptors (Lipinski definition) is 8. The molecular formula is C36H20N8O2. The van der Waals surface area contributed by atoms with Crippen molar-refractivity contribution >= 4 is 49.9 Å². The summed E-state index contributed by atoms with van der Waals surface area (Å²) in [4.78, 5) is 37.2. The summed E-state index contributed by atoms with van der Waals surface area (Å²) in [5.41, 5.74) is 6.80. The molecule has 0 fully saturated rings. The van der Waals surface area contributed by atoms with Crippen LogP contribution in [0.15, 0.2) is 110 Å². The van der Waals surface area contributed by atoms with Gasteiger partial charge in [-0.25, -0.2) is 29.9 Å². The van der Waals surface area contributed by atoms with Crippen LogP contribution in [0.1, 0.15) is 5.56 Å². The molecule has 46 heavy (non-hydrogen) atoms. The quantitative estimate of drug-likeness (QED) is 0.197. The van der Waals surface area contributed by atoms with Crippen molar-refractivity contribution in [3.63, 3.8) is 0 Å². The SMILES string of the molecule is C1=COC(c2cccc3c4nc5nc(nc6[nH]c(nc7nc(nc([nH]4)c23)-c2ccccc2-7)c2ccccc62)-c2ccccc2-5)=CO1. The molecule has 0 aliphatic carbocycles. The van der Waals surface area contributed by atoms with Crippen molar-refractivity contribution in [1.82, 2.24) is 39.9 Å². The zero-order chi connectivity index (χ0) is 30.2. The van der Waals surface area contributed by atoms with Crippen molar-refractivity contribution in [2.75, 3.05) is 0 Å². The van der Waals surface area contributed by atoms with E-state index in [4.69, 9.17) is 39.4 Å². The van der Waals surface area contributed by atoms with E-state index in [2.05, 4.69) is 9.97 Å². The van der Waals surface area contributed by atoms with Crippen LogP contribution in [-0.4, -0.2) is 39.9 Å². The first-order valence-electron chi connectivity index (χ1n) is 14.7. The van der Waals surface area contributed by atoms with E-state index in [1.54, 1.807) is 6.26 Å². The zero-order valence-corrected chi connectivity index (χ0v) is 23.9. The highest BCUT2D eigenvalue weighted by molar-refractivity contribution is 6.10. The van der Waals surface area contributed by atoms with E-state index in [9.17, 15) is 0 Å². The second-order valence-corrected chi connectivity index (χ2v) is 11.0. The number of H-pyrrole nitrogens is 2. The average molecular weight is 597 g/mol. The van der Waals surface area contributed by atoms with Crippen LogP contribution in [0.4, 0.5) is 0 Å². The zero-order valence-electron chi connectivity index (χ0n) is 23.9. The van der Waals surface area contributed by atoms with Gasteiger partial charge >= 0.3 is 0 Å². The van der Waals surface area contributed by atoms with Crippen molar-refractivity contribution in [3.8, 4) is 45.6 Å². The molecule has 3 aromatic heterocycles. The summed E-state index contributed by atoms with van der Waals surface area (Å²) >= 11 is 0. The van der Waals surface area contributed by atoms with Gasteiger partial charge in [0.05, 0.1) is 0 Å². The van der Waals surface area contributed by atoms with Crippen molar-refractivity contribution in [3.05, 3.63) is 115 Å². The first-order chi connectivity index (χ1) is 22.8. The number of aromatic nitrogens is 8. The van der Waals surface area contributed by atoms with E-state index in [1.165, 1.54) is 12.5 Å².